The lowest BCUT2D eigenvalue weighted by molar-refractivity contribution is 0.0971. The number of nitrogen functional groups attached to an aromatic ring is 1. The van der Waals surface area contributed by atoms with Gasteiger partial charge in [-0.2, -0.15) is 0 Å². The Morgan fingerprint density at radius 1 is 0.960 bits per heavy atom. The molecule has 0 saturated heterocycles. The van der Waals surface area contributed by atoms with E-state index >= 15 is 0 Å². The molecule has 4 rings (SSSR count). The van der Waals surface area contributed by atoms with Crippen molar-refractivity contribution in [3.63, 3.8) is 0 Å². The summed E-state index contributed by atoms with van der Waals surface area (Å²) < 4.78 is 5.57. The second kappa shape index (κ2) is 6.30. The van der Waals surface area contributed by atoms with E-state index in [2.05, 4.69) is 0 Å². The Morgan fingerprint density at radius 2 is 1.72 bits per heavy atom. The number of anilines is 1. The van der Waals surface area contributed by atoms with Crippen LogP contribution in [0.2, 0.25) is 0 Å². The van der Waals surface area contributed by atoms with Crippen LogP contribution >= 0.6 is 11.8 Å². The van der Waals surface area contributed by atoms with Crippen molar-refractivity contribution in [3.05, 3.63) is 83.4 Å². The van der Waals surface area contributed by atoms with Crippen molar-refractivity contribution in [1.82, 2.24) is 0 Å². The van der Waals surface area contributed by atoms with Crippen molar-refractivity contribution >= 4 is 23.2 Å². The minimum Gasteiger partial charge on any atom is -0.496 e. The molecule has 124 valence electrons. The largest absolute Gasteiger partial charge is 0.496 e. The molecule has 1 aliphatic rings. The molecule has 1 atom stereocenters. The zero-order valence-corrected chi connectivity index (χ0v) is 14.5. The first-order valence-corrected chi connectivity index (χ1v) is 8.84. The minimum absolute atomic E-state index is 0.0971. The van der Waals surface area contributed by atoms with Gasteiger partial charge in [0.2, 0.25) is 0 Å². The summed E-state index contributed by atoms with van der Waals surface area (Å²) in [7, 11) is 1.66. The molecular formula is C21H17NO2S. The molecule has 0 spiro atoms. The van der Waals surface area contributed by atoms with Gasteiger partial charge < -0.3 is 10.5 Å². The lowest BCUT2D eigenvalue weighted by Gasteiger charge is -2.18. The molecule has 2 N–H and O–H groups in total. The normalized spacial score (nSPS) is 15.9. The lowest BCUT2D eigenvalue weighted by Crippen LogP contribution is -2.14. The topological polar surface area (TPSA) is 52.3 Å². The second-order valence-electron chi connectivity index (χ2n) is 5.94. The molecule has 3 nitrogen and oxygen atoms in total. The number of carbonyl (C=O) groups is 1. The van der Waals surface area contributed by atoms with Gasteiger partial charge in [0.05, 0.1) is 17.9 Å². The van der Waals surface area contributed by atoms with Gasteiger partial charge in [-0.15, -0.1) is 0 Å². The number of fused-ring (bicyclic) bond motifs is 2. The first-order valence-electron chi connectivity index (χ1n) is 8.02. The van der Waals surface area contributed by atoms with Crippen molar-refractivity contribution in [2.45, 2.75) is 15.7 Å². The summed E-state index contributed by atoms with van der Waals surface area (Å²) in [6.45, 7) is 0. The van der Waals surface area contributed by atoms with Crippen LogP contribution in [0.25, 0.3) is 0 Å². The first-order chi connectivity index (χ1) is 12.2. The minimum atomic E-state index is -0.373. The zero-order valence-electron chi connectivity index (χ0n) is 13.7. The Morgan fingerprint density at radius 3 is 2.48 bits per heavy atom. The van der Waals surface area contributed by atoms with Gasteiger partial charge in [0.15, 0.2) is 5.78 Å². The molecule has 0 amide bonds. The van der Waals surface area contributed by atoms with Crippen molar-refractivity contribution in [2.24, 2.45) is 0 Å². The third-order valence-corrected chi connectivity index (χ3v) is 5.65. The molecule has 25 heavy (non-hydrogen) atoms. The smallest absolute Gasteiger partial charge is 0.175 e. The molecule has 0 saturated carbocycles. The summed E-state index contributed by atoms with van der Waals surface area (Å²) in [6, 6.07) is 21.2. The number of hydrogen-bond acceptors (Lipinski definition) is 4. The molecule has 0 aromatic heterocycles. The molecule has 1 aliphatic heterocycles. The Kier molecular flexibility index (Phi) is 3.98. The number of carbonyl (C=O) groups excluding carboxylic acids is 1. The van der Waals surface area contributed by atoms with Crippen LogP contribution in [0.1, 0.15) is 27.4 Å². The predicted molar refractivity (Wildman–Crippen MR) is 101 cm³/mol. The van der Waals surface area contributed by atoms with Gasteiger partial charge in [0.25, 0.3) is 0 Å². The standard InChI is InChI=1S/C21H17NO2S/c1-24-17-7-4-6-16-19(13-9-11-14(22)12-10-13)20(23)15-5-2-3-8-18(15)25-21(16)17/h2-12,19H,22H2,1H3. The van der Waals surface area contributed by atoms with Crippen LogP contribution in [-0.2, 0) is 0 Å². The summed E-state index contributed by atoms with van der Waals surface area (Å²) in [4.78, 5) is 15.3. The second-order valence-corrected chi connectivity index (χ2v) is 6.99. The van der Waals surface area contributed by atoms with Crippen LogP contribution in [0.5, 0.6) is 5.75 Å². The van der Waals surface area contributed by atoms with Gasteiger partial charge in [-0.25, -0.2) is 0 Å². The summed E-state index contributed by atoms with van der Waals surface area (Å²) in [6.07, 6.45) is 0. The molecule has 0 radical (unpaired) electrons. The van der Waals surface area contributed by atoms with E-state index in [4.69, 9.17) is 10.5 Å². The SMILES string of the molecule is COc1cccc2c1Sc1ccccc1C(=O)C2c1ccc(N)cc1. The summed E-state index contributed by atoms with van der Waals surface area (Å²) in [5, 5.41) is 0. The van der Waals surface area contributed by atoms with E-state index in [1.165, 1.54) is 0 Å². The average molecular weight is 347 g/mol. The van der Waals surface area contributed by atoms with Crippen LogP contribution in [0, 0.1) is 0 Å². The van der Waals surface area contributed by atoms with Gasteiger partial charge in [0.1, 0.15) is 5.75 Å². The van der Waals surface area contributed by atoms with Crippen LogP contribution in [0.15, 0.2) is 76.5 Å². The average Bonchev–Trinajstić information content (AvgIpc) is 2.77. The third kappa shape index (κ3) is 2.68. The highest BCUT2D eigenvalue weighted by Gasteiger charge is 2.32. The predicted octanol–water partition coefficient (Wildman–Crippen LogP) is 4.76. The van der Waals surface area contributed by atoms with Crippen molar-refractivity contribution in [1.29, 1.82) is 0 Å². The van der Waals surface area contributed by atoms with Crippen LogP contribution < -0.4 is 10.5 Å². The molecule has 4 heteroatoms. The molecule has 0 aliphatic carbocycles. The maximum atomic E-state index is 13.4. The molecule has 0 fully saturated rings. The molecule has 3 aromatic carbocycles. The van der Waals surface area contributed by atoms with E-state index < -0.39 is 0 Å². The number of nitrogens with two attached hydrogens (primary N) is 1. The fourth-order valence-electron chi connectivity index (χ4n) is 3.22. The molecule has 1 heterocycles. The Labute approximate surface area is 150 Å². The Hall–Kier alpha value is -2.72. The highest BCUT2D eigenvalue weighted by atomic mass is 32.2. The Balaban J connectivity index is 1.99. The highest BCUT2D eigenvalue weighted by Crippen LogP contribution is 2.47. The zero-order chi connectivity index (χ0) is 17.4. The van der Waals surface area contributed by atoms with Gasteiger partial charge in [-0.05, 0) is 35.4 Å². The van der Waals surface area contributed by atoms with E-state index in [0.29, 0.717) is 5.69 Å². The van der Waals surface area contributed by atoms with E-state index in [1.54, 1.807) is 18.9 Å². The first kappa shape index (κ1) is 15.8. The maximum Gasteiger partial charge on any atom is 0.175 e. The fraction of sp³-hybridized carbons (Fsp3) is 0.0952. The number of rotatable bonds is 2. The van der Waals surface area contributed by atoms with Gasteiger partial charge in [-0.1, -0.05) is 54.2 Å². The van der Waals surface area contributed by atoms with E-state index in [9.17, 15) is 4.79 Å². The number of methoxy groups -OCH3 is 1. The van der Waals surface area contributed by atoms with Crippen molar-refractivity contribution < 1.29 is 9.53 Å². The van der Waals surface area contributed by atoms with Crippen LogP contribution in [0.3, 0.4) is 0 Å². The Bertz CT molecular complexity index is 950. The monoisotopic (exact) mass is 347 g/mol. The van der Waals surface area contributed by atoms with Crippen molar-refractivity contribution in [2.75, 3.05) is 12.8 Å². The maximum absolute atomic E-state index is 13.4. The number of hydrogen-bond donors (Lipinski definition) is 1. The molecule has 0 bridgehead atoms. The molecule has 3 aromatic rings. The van der Waals surface area contributed by atoms with Crippen LogP contribution in [-0.4, -0.2) is 12.9 Å². The number of Topliss-reactive ketones (excluding diaryl/α,β-unsaturated/α-hetero) is 1. The summed E-state index contributed by atoms with van der Waals surface area (Å²) in [5.41, 5.74) is 9.16. The van der Waals surface area contributed by atoms with E-state index in [-0.39, 0.29) is 11.7 Å². The van der Waals surface area contributed by atoms with Crippen molar-refractivity contribution in [3.8, 4) is 5.75 Å². The van der Waals surface area contributed by atoms with E-state index in [1.807, 2.05) is 66.7 Å². The summed E-state index contributed by atoms with van der Waals surface area (Å²) in [5.74, 6) is 0.508. The lowest BCUT2D eigenvalue weighted by atomic mass is 9.84. The third-order valence-electron chi connectivity index (χ3n) is 4.44. The molecular weight excluding hydrogens is 330 g/mol. The molecule has 1 unspecified atom stereocenters. The van der Waals surface area contributed by atoms with Gasteiger partial charge >= 0.3 is 0 Å². The van der Waals surface area contributed by atoms with Gasteiger partial charge in [0, 0.05) is 16.1 Å². The number of benzene rings is 3. The number of ketones is 1. The fourth-order valence-corrected chi connectivity index (χ4v) is 4.42. The summed E-state index contributed by atoms with van der Waals surface area (Å²) >= 11 is 1.59. The van der Waals surface area contributed by atoms with E-state index in [0.717, 1.165) is 32.2 Å². The number of ether oxygens (including phenoxy) is 1. The van der Waals surface area contributed by atoms with Gasteiger partial charge in [-0.3, -0.25) is 4.79 Å². The highest BCUT2D eigenvalue weighted by molar-refractivity contribution is 7.99. The quantitative estimate of drug-likeness (QED) is 0.679. The van der Waals surface area contributed by atoms with Crippen LogP contribution in [0.4, 0.5) is 5.69 Å².